The molecule has 0 spiro atoms. The maximum absolute atomic E-state index is 13.0. The Hall–Kier alpha value is -4.26. The molecule has 2 aromatic carbocycles. The summed E-state index contributed by atoms with van der Waals surface area (Å²) in [6.07, 6.45) is 0. The van der Waals surface area contributed by atoms with E-state index in [9.17, 15) is 13.2 Å². The Bertz CT molecular complexity index is 1320. The van der Waals surface area contributed by atoms with E-state index < -0.39 is 15.9 Å². The molecule has 1 heterocycles. The molecule has 3 rings (SSSR count). The van der Waals surface area contributed by atoms with Crippen molar-refractivity contribution in [2.75, 3.05) is 44.1 Å². The molecule has 0 saturated heterocycles. The third-order valence-corrected chi connectivity index (χ3v) is 6.28. The molecule has 12 nitrogen and oxygen atoms in total. The first kappa shape index (κ1) is 28.3. The maximum atomic E-state index is 13.0. The van der Waals surface area contributed by atoms with Crippen LogP contribution >= 0.6 is 0 Å². The van der Waals surface area contributed by atoms with Gasteiger partial charge in [0.05, 0.1) is 38.9 Å². The van der Waals surface area contributed by atoms with E-state index in [1.807, 2.05) is 20.8 Å². The Morgan fingerprint density at radius 1 is 0.842 bits per heavy atom. The molecule has 0 fully saturated rings. The second kappa shape index (κ2) is 12.8. The third-order valence-electron chi connectivity index (χ3n) is 4.91. The third kappa shape index (κ3) is 6.94. The van der Waals surface area contributed by atoms with Crippen molar-refractivity contribution in [2.45, 2.75) is 25.7 Å². The largest absolute Gasteiger partial charge is 0.490 e. The summed E-state index contributed by atoms with van der Waals surface area (Å²) in [5.41, 5.74) is 0.662. The van der Waals surface area contributed by atoms with Gasteiger partial charge in [-0.2, -0.15) is 9.97 Å². The molecule has 2 N–H and O–H groups in total. The van der Waals surface area contributed by atoms with Crippen molar-refractivity contribution in [3.8, 4) is 29.1 Å². The number of carbonyl (C=O) groups is 1. The average molecular weight is 547 g/mol. The van der Waals surface area contributed by atoms with Gasteiger partial charge in [0.25, 0.3) is 15.9 Å². The molecule has 13 heteroatoms. The van der Waals surface area contributed by atoms with Gasteiger partial charge in [0.2, 0.25) is 11.6 Å². The predicted octanol–water partition coefficient (Wildman–Crippen LogP) is 3.74. The lowest BCUT2D eigenvalue weighted by Crippen LogP contribution is -2.15. The normalized spacial score (nSPS) is 10.9. The highest BCUT2D eigenvalue weighted by Gasteiger charge is 2.20. The predicted molar refractivity (Wildman–Crippen MR) is 140 cm³/mol. The van der Waals surface area contributed by atoms with E-state index in [0.717, 1.165) is 0 Å². The minimum absolute atomic E-state index is 0.0308. The molecule has 0 aliphatic carbocycles. The van der Waals surface area contributed by atoms with E-state index in [1.54, 1.807) is 12.1 Å². The molecular formula is C25H30N4O8S. The first-order chi connectivity index (χ1) is 18.2. The van der Waals surface area contributed by atoms with Crippen molar-refractivity contribution < 1.29 is 36.9 Å². The zero-order chi connectivity index (χ0) is 27.7. The van der Waals surface area contributed by atoms with Crippen molar-refractivity contribution >= 4 is 27.4 Å². The minimum atomic E-state index is -4.01. The molecule has 0 radical (unpaired) electrons. The molecule has 3 aromatic rings. The Labute approximate surface area is 221 Å². The summed E-state index contributed by atoms with van der Waals surface area (Å²) >= 11 is 0. The number of hydrogen-bond acceptors (Lipinski definition) is 10. The lowest BCUT2D eigenvalue weighted by atomic mass is 10.1. The number of anilines is 2. The summed E-state index contributed by atoms with van der Waals surface area (Å²) < 4.78 is 55.1. The van der Waals surface area contributed by atoms with Crippen molar-refractivity contribution in [2.24, 2.45) is 0 Å². The van der Waals surface area contributed by atoms with Crippen LogP contribution in [0.1, 0.15) is 31.1 Å². The van der Waals surface area contributed by atoms with E-state index in [0.29, 0.717) is 42.8 Å². The number of methoxy groups -OCH3 is 2. The maximum Gasteiger partial charge on any atom is 0.321 e. The fourth-order valence-corrected chi connectivity index (χ4v) is 4.28. The molecule has 0 bridgehead atoms. The number of hydrogen-bond donors (Lipinski definition) is 2. The Morgan fingerprint density at radius 3 is 1.97 bits per heavy atom. The highest BCUT2D eigenvalue weighted by atomic mass is 32.2. The summed E-state index contributed by atoms with van der Waals surface area (Å²) in [6, 6.07) is 10.0. The summed E-state index contributed by atoms with van der Waals surface area (Å²) in [5.74, 6) is 0.850. The number of rotatable bonds is 13. The summed E-state index contributed by atoms with van der Waals surface area (Å²) in [4.78, 5) is 20.9. The quantitative estimate of drug-likeness (QED) is 0.325. The van der Waals surface area contributed by atoms with E-state index in [1.165, 1.54) is 44.6 Å². The molecule has 0 aliphatic heterocycles. The van der Waals surface area contributed by atoms with E-state index in [4.69, 9.17) is 23.7 Å². The van der Waals surface area contributed by atoms with Crippen LogP contribution in [0.4, 0.5) is 11.5 Å². The van der Waals surface area contributed by atoms with E-state index in [-0.39, 0.29) is 28.2 Å². The van der Waals surface area contributed by atoms with Crippen molar-refractivity contribution in [1.29, 1.82) is 0 Å². The van der Waals surface area contributed by atoms with E-state index >= 15 is 0 Å². The van der Waals surface area contributed by atoms with Crippen LogP contribution in [0.15, 0.2) is 47.4 Å². The van der Waals surface area contributed by atoms with Gasteiger partial charge in [0.15, 0.2) is 17.3 Å². The molecule has 204 valence electrons. The fourth-order valence-electron chi connectivity index (χ4n) is 3.29. The van der Waals surface area contributed by atoms with Gasteiger partial charge in [0.1, 0.15) is 0 Å². The molecule has 0 saturated carbocycles. The smallest absolute Gasteiger partial charge is 0.321 e. The van der Waals surface area contributed by atoms with Crippen LogP contribution in [0, 0.1) is 0 Å². The monoisotopic (exact) mass is 546 g/mol. The SMILES string of the molecule is CCOc1cc(C(=O)Nc2ccc(S(=O)(=O)Nc3cc(OC)nc(OC)n3)cc2)cc(OCC)c1OCC. The van der Waals surface area contributed by atoms with Crippen LogP contribution in [-0.4, -0.2) is 58.3 Å². The van der Waals surface area contributed by atoms with Gasteiger partial charge in [0, 0.05) is 17.3 Å². The summed E-state index contributed by atoms with van der Waals surface area (Å²) in [7, 11) is -1.27. The molecule has 38 heavy (non-hydrogen) atoms. The number of amides is 1. The van der Waals surface area contributed by atoms with Gasteiger partial charge in [-0.15, -0.1) is 0 Å². The van der Waals surface area contributed by atoms with Gasteiger partial charge in [-0.1, -0.05) is 0 Å². The van der Waals surface area contributed by atoms with Crippen molar-refractivity contribution in [1.82, 2.24) is 9.97 Å². The zero-order valence-corrected chi connectivity index (χ0v) is 22.5. The van der Waals surface area contributed by atoms with Gasteiger partial charge in [-0.3, -0.25) is 9.52 Å². The van der Waals surface area contributed by atoms with Crippen LogP contribution in [0.25, 0.3) is 0 Å². The summed E-state index contributed by atoms with van der Waals surface area (Å²) in [6.45, 7) is 6.63. The Balaban J connectivity index is 1.80. The number of benzene rings is 2. The van der Waals surface area contributed by atoms with Gasteiger partial charge >= 0.3 is 6.01 Å². The molecule has 0 aliphatic rings. The molecule has 0 atom stereocenters. The minimum Gasteiger partial charge on any atom is -0.490 e. The Kier molecular flexibility index (Phi) is 9.55. The van der Waals surface area contributed by atoms with Crippen molar-refractivity contribution in [3.63, 3.8) is 0 Å². The number of carbonyl (C=O) groups excluding carboxylic acids is 1. The Morgan fingerprint density at radius 2 is 1.45 bits per heavy atom. The number of aromatic nitrogens is 2. The van der Waals surface area contributed by atoms with Crippen molar-refractivity contribution in [3.05, 3.63) is 48.0 Å². The summed E-state index contributed by atoms with van der Waals surface area (Å²) in [5, 5.41) is 2.75. The first-order valence-corrected chi connectivity index (χ1v) is 13.2. The highest BCUT2D eigenvalue weighted by Crippen LogP contribution is 2.39. The number of nitrogens with one attached hydrogen (secondary N) is 2. The van der Waals surface area contributed by atoms with Crippen LogP contribution < -0.4 is 33.7 Å². The number of nitrogens with zero attached hydrogens (tertiary/aromatic N) is 2. The van der Waals surface area contributed by atoms with Gasteiger partial charge in [-0.25, -0.2) is 8.42 Å². The topological polar surface area (TPSA) is 147 Å². The zero-order valence-electron chi connectivity index (χ0n) is 21.7. The molecular weight excluding hydrogens is 516 g/mol. The lowest BCUT2D eigenvalue weighted by molar-refractivity contribution is 0.102. The van der Waals surface area contributed by atoms with Crippen LogP contribution in [0.5, 0.6) is 29.1 Å². The second-order valence-corrected chi connectivity index (χ2v) is 9.15. The number of ether oxygens (including phenoxy) is 5. The highest BCUT2D eigenvalue weighted by molar-refractivity contribution is 7.92. The van der Waals surface area contributed by atoms with Gasteiger partial charge < -0.3 is 29.0 Å². The average Bonchev–Trinajstić information content (AvgIpc) is 2.90. The lowest BCUT2D eigenvalue weighted by Gasteiger charge is -2.17. The van der Waals surface area contributed by atoms with Crippen LogP contribution in [0.3, 0.4) is 0 Å². The second-order valence-electron chi connectivity index (χ2n) is 7.47. The molecule has 0 unspecified atom stereocenters. The number of sulfonamides is 1. The molecule has 1 amide bonds. The fraction of sp³-hybridized carbons (Fsp3) is 0.320. The van der Waals surface area contributed by atoms with Gasteiger partial charge in [-0.05, 0) is 57.2 Å². The first-order valence-electron chi connectivity index (χ1n) is 11.7. The van der Waals surface area contributed by atoms with Crippen LogP contribution in [-0.2, 0) is 10.0 Å². The molecule has 1 aromatic heterocycles. The van der Waals surface area contributed by atoms with E-state index in [2.05, 4.69) is 20.0 Å². The van der Waals surface area contributed by atoms with Crippen LogP contribution in [0.2, 0.25) is 0 Å². The standard InChI is InChI=1S/C25H30N4O8S/c1-6-35-19-13-16(14-20(36-7-2)23(19)37-8-3)24(30)26-17-9-11-18(12-10-17)38(31,32)29-21-15-22(33-4)28-25(27-21)34-5/h9-15H,6-8H2,1-5H3,(H,26,30)(H,27,28,29).